The van der Waals surface area contributed by atoms with Gasteiger partial charge in [0.25, 0.3) is 0 Å². The molecule has 0 unspecified atom stereocenters. The van der Waals surface area contributed by atoms with Gasteiger partial charge in [0.1, 0.15) is 5.75 Å². The molecule has 0 aromatic heterocycles. The summed E-state index contributed by atoms with van der Waals surface area (Å²) >= 11 is 5.87. The van der Waals surface area contributed by atoms with Crippen molar-refractivity contribution in [2.45, 2.75) is 24.2 Å². The molecule has 1 aliphatic rings. The predicted octanol–water partition coefficient (Wildman–Crippen LogP) is 3.73. The Morgan fingerprint density at radius 3 is 2.44 bits per heavy atom. The van der Waals surface area contributed by atoms with E-state index in [1.165, 1.54) is 28.6 Å². The monoisotopic (exact) mass is 379 g/mol. The summed E-state index contributed by atoms with van der Waals surface area (Å²) in [5.74, 6) is -0.320. The van der Waals surface area contributed by atoms with Crippen LogP contribution in [0.4, 0.5) is 0 Å². The second-order valence-corrected chi connectivity index (χ2v) is 8.21. The third-order valence-corrected chi connectivity index (χ3v) is 6.16. The Morgan fingerprint density at radius 1 is 1.00 bits per heavy atom. The largest absolute Gasteiger partial charge is 0.423 e. The van der Waals surface area contributed by atoms with Crippen LogP contribution in [0.1, 0.15) is 29.6 Å². The van der Waals surface area contributed by atoms with E-state index in [9.17, 15) is 13.2 Å². The first-order valence-electron chi connectivity index (χ1n) is 8.05. The molecule has 2 aromatic carbocycles. The smallest absolute Gasteiger partial charge is 0.343 e. The zero-order valence-electron chi connectivity index (χ0n) is 13.5. The summed E-state index contributed by atoms with van der Waals surface area (Å²) in [5.41, 5.74) is 0.179. The summed E-state index contributed by atoms with van der Waals surface area (Å²) in [6.07, 6.45) is 2.75. The Hall–Kier alpha value is -1.89. The van der Waals surface area contributed by atoms with Crippen LogP contribution in [0.5, 0.6) is 5.75 Å². The van der Waals surface area contributed by atoms with Crippen LogP contribution in [0.2, 0.25) is 5.02 Å². The van der Waals surface area contributed by atoms with Gasteiger partial charge in [-0.15, -0.1) is 0 Å². The number of sulfonamides is 1. The molecule has 1 saturated heterocycles. The molecule has 3 rings (SSSR count). The average Bonchev–Trinajstić information content (AvgIpc) is 2.62. The SMILES string of the molecule is O=C(Oc1cccc(Cl)c1)c1cccc(S(=O)(=O)N2CCCCC2)c1. The molecule has 132 valence electrons. The average molecular weight is 380 g/mol. The lowest BCUT2D eigenvalue weighted by Crippen LogP contribution is -2.35. The van der Waals surface area contributed by atoms with Gasteiger partial charge in [-0.1, -0.05) is 30.2 Å². The molecule has 7 heteroatoms. The van der Waals surface area contributed by atoms with Crippen molar-refractivity contribution in [3.63, 3.8) is 0 Å². The first kappa shape index (κ1) is 17.9. The van der Waals surface area contributed by atoms with Gasteiger partial charge in [0.05, 0.1) is 10.5 Å². The minimum absolute atomic E-state index is 0.106. The van der Waals surface area contributed by atoms with Gasteiger partial charge >= 0.3 is 5.97 Å². The number of esters is 1. The number of nitrogens with zero attached hydrogens (tertiary/aromatic N) is 1. The molecular formula is C18H18ClNO4S. The molecule has 0 amide bonds. The fraction of sp³-hybridized carbons (Fsp3) is 0.278. The number of carbonyl (C=O) groups is 1. The van der Waals surface area contributed by atoms with E-state index in [0.29, 0.717) is 23.9 Å². The molecule has 1 fully saturated rings. The second-order valence-electron chi connectivity index (χ2n) is 5.84. The topological polar surface area (TPSA) is 63.7 Å². The molecule has 0 aliphatic carbocycles. The van der Waals surface area contributed by atoms with E-state index in [1.807, 2.05) is 0 Å². The first-order chi connectivity index (χ1) is 12.0. The highest BCUT2D eigenvalue weighted by molar-refractivity contribution is 7.89. The van der Waals surface area contributed by atoms with Gasteiger partial charge < -0.3 is 4.74 Å². The normalized spacial score (nSPS) is 15.7. The van der Waals surface area contributed by atoms with E-state index in [1.54, 1.807) is 24.3 Å². The van der Waals surface area contributed by atoms with Gasteiger partial charge in [-0.2, -0.15) is 4.31 Å². The Balaban J connectivity index is 1.82. The van der Waals surface area contributed by atoms with Crippen LogP contribution in [0.25, 0.3) is 0 Å². The van der Waals surface area contributed by atoms with Gasteiger partial charge in [0.2, 0.25) is 10.0 Å². The predicted molar refractivity (Wildman–Crippen MR) is 95.5 cm³/mol. The van der Waals surface area contributed by atoms with Crippen molar-refractivity contribution in [3.05, 3.63) is 59.1 Å². The number of ether oxygens (including phenoxy) is 1. The van der Waals surface area contributed by atoms with Crippen LogP contribution in [-0.4, -0.2) is 31.8 Å². The summed E-state index contributed by atoms with van der Waals surface area (Å²) in [6, 6.07) is 12.4. The molecule has 0 saturated carbocycles. The number of hydrogen-bond acceptors (Lipinski definition) is 4. The molecule has 5 nitrogen and oxygen atoms in total. The highest BCUT2D eigenvalue weighted by atomic mass is 35.5. The Labute approximate surface area is 152 Å². The van der Waals surface area contributed by atoms with Crippen molar-refractivity contribution in [2.75, 3.05) is 13.1 Å². The number of rotatable bonds is 4. The van der Waals surface area contributed by atoms with Crippen LogP contribution >= 0.6 is 11.6 Å². The lowest BCUT2D eigenvalue weighted by atomic mass is 10.2. The number of benzene rings is 2. The van der Waals surface area contributed by atoms with Crippen molar-refractivity contribution in [1.82, 2.24) is 4.31 Å². The zero-order valence-corrected chi connectivity index (χ0v) is 15.1. The molecule has 0 atom stereocenters. The fourth-order valence-electron chi connectivity index (χ4n) is 2.73. The number of hydrogen-bond donors (Lipinski definition) is 0. The molecule has 25 heavy (non-hydrogen) atoms. The van der Waals surface area contributed by atoms with Crippen LogP contribution < -0.4 is 4.74 Å². The third-order valence-electron chi connectivity index (χ3n) is 4.03. The van der Waals surface area contributed by atoms with E-state index in [-0.39, 0.29) is 10.5 Å². The maximum Gasteiger partial charge on any atom is 0.343 e. The van der Waals surface area contributed by atoms with Crippen LogP contribution in [0.3, 0.4) is 0 Å². The summed E-state index contributed by atoms with van der Waals surface area (Å²) in [4.78, 5) is 12.4. The lowest BCUT2D eigenvalue weighted by Gasteiger charge is -2.25. The number of halogens is 1. The van der Waals surface area contributed by atoms with E-state index in [4.69, 9.17) is 16.3 Å². The van der Waals surface area contributed by atoms with Crippen molar-refractivity contribution in [1.29, 1.82) is 0 Å². The van der Waals surface area contributed by atoms with Crippen LogP contribution in [0.15, 0.2) is 53.4 Å². The van der Waals surface area contributed by atoms with Crippen molar-refractivity contribution in [3.8, 4) is 5.75 Å². The summed E-state index contributed by atoms with van der Waals surface area (Å²) in [5, 5.41) is 0.451. The van der Waals surface area contributed by atoms with Crippen molar-refractivity contribution in [2.24, 2.45) is 0 Å². The molecule has 2 aromatic rings. The van der Waals surface area contributed by atoms with Gasteiger partial charge in [-0.05, 0) is 49.2 Å². The van der Waals surface area contributed by atoms with Crippen molar-refractivity contribution >= 4 is 27.6 Å². The van der Waals surface area contributed by atoms with E-state index >= 15 is 0 Å². The molecule has 0 radical (unpaired) electrons. The van der Waals surface area contributed by atoms with Crippen LogP contribution in [0, 0.1) is 0 Å². The van der Waals surface area contributed by atoms with Crippen molar-refractivity contribution < 1.29 is 17.9 Å². The fourth-order valence-corrected chi connectivity index (χ4v) is 4.48. The van der Waals surface area contributed by atoms with Gasteiger partial charge in [-0.3, -0.25) is 0 Å². The van der Waals surface area contributed by atoms with Gasteiger partial charge in [0, 0.05) is 18.1 Å². The Morgan fingerprint density at radius 2 is 1.72 bits per heavy atom. The second kappa shape index (κ2) is 7.56. The minimum Gasteiger partial charge on any atom is -0.423 e. The molecule has 1 heterocycles. The molecular weight excluding hydrogens is 362 g/mol. The summed E-state index contributed by atoms with van der Waals surface area (Å²) in [6.45, 7) is 1.03. The van der Waals surface area contributed by atoms with Gasteiger partial charge in [-0.25, -0.2) is 13.2 Å². The zero-order chi connectivity index (χ0) is 17.9. The molecule has 0 spiro atoms. The molecule has 0 bridgehead atoms. The maximum atomic E-state index is 12.7. The van der Waals surface area contributed by atoms with E-state index in [0.717, 1.165) is 19.3 Å². The molecule has 1 aliphatic heterocycles. The molecule has 0 N–H and O–H groups in total. The van der Waals surface area contributed by atoms with Gasteiger partial charge in [0.15, 0.2) is 0 Å². The maximum absolute atomic E-state index is 12.7. The van der Waals surface area contributed by atoms with E-state index in [2.05, 4.69) is 0 Å². The highest BCUT2D eigenvalue weighted by Crippen LogP contribution is 2.23. The third kappa shape index (κ3) is 4.21. The quantitative estimate of drug-likeness (QED) is 0.599. The Bertz CT molecular complexity index is 876. The summed E-state index contributed by atoms with van der Waals surface area (Å²) < 4.78 is 32.2. The van der Waals surface area contributed by atoms with E-state index < -0.39 is 16.0 Å². The highest BCUT2D eigenvalue weighted by Gasteiger charge is 2.26. The summed E-state index contributed by atoms with van der Waals surface area (Å²) in [7, 11) is -3.59. The number of carbonyl (C=O) groups excluding carboxylic acids is 1. The number of piperidine rings is 1. The van der Waals surface area contributed by atoms with Crippen LogP contribution in [-0.2, 0) is 10.0 Å². The first-order valence-corrected chi connectivity index (χ1v) is 9.86. The minimum atomic E-state index is -3.59. The Kier molecular flexibility index (Phi) is 5.42. The standard InChI is InChI=1S/C18H18ClNO4S/c19-15-7-5-8-16(13-15)24-18(21)14-6-4-9-17(12-14)25(22,23)20-10-2-1-3-11-20/h4-9,12-13H,1-3,10-11H2. The lowest BCUT2D eigenvalue weighted by molar-refractivity contribution is 0.0734.